The van der Waals surface area contributed by atoms with Crippen LogP contribution in [0.4, 0.5) is 5.69 Å². The maximum absolute atomic E-state index is 14.7. The molecule has 16 heteroatoms. The van der Waals surface area contributed by atoms with Crippen molar-refractivity contribution in [1.29, 1.82) is 0 Å². The Morgan fingerprint density at radius 3 is 2.29 bits per heavy atom. The largest absolute Gasteiger partial charge is 0.507 e. The van der Waals surface area contributed by atoms with Gasteiger partial charge in [-0.25, -0.2) is 0 Å². The van der Waals surface area contributed by atoms with Gasteiger partial charge in [-0.05, 0) is 32.8 Å². The Kier molecular flexibility index (Phi) is 12.6. The van der Waals surface area contributed by atoms with Gasteiger partial charge in [-0.15, -0.1) is 0 Å². The lowest BCUT2D eigenvalue weighted by Gasteiger charge is -2.38. The Balaban J connectivity index is 1.38. The van der Waals surface area contributed by atoms with E-state index in [0.29, 0.717) is 32.5 Å². The molecule has 2 fully saturated rings. The van der Waals surface area contributed by atoms with E-state index in [9.17, 15) is 34.8 Å². The molecule has 0 radical (unpaired) electrons. The number of methoxy groups -OCH3 is 1. The van der Waals surface area contributed by atoms with E-state index in [1.54, 1.807) is 65.8 Å². The van der Waals surface area contributed by atoms with E-state index >= 15 is 0 Å². The molecule has 16 nitrogen and oxygen atoms in total. The molecule has 5 heterocycles. The smallest absolute Gasteiger partial charge is 0.312 e. The molecule has 5 aliphatic heterocycles. The fourth-order valence-electron chi connectivity index (χ4n) is 9.61. The Bertz CT molecular complexity index is 2350. The Hall–Kier alpha value is -4.87. The second kappa shape index (κ2) is 17.4. The number of aromatic hydroxyl groups is 2. The number of ether oxygens (including phenoxy) is 5. The first-order valence-electron chi connectivity index (χ1n) is 21.5. The number of fused-ring (bicyclic) bond motifs is 1. The summed E-state index contributed by atoms with van der Waals surface area (Å²) in [5.74, 6) is -6.97. The van der Waals surface area contributed by atoms with Crippen LogP contribution in [0.15, 0.2) is 46.1 Å². The zero-order valence-electron chi connectivity index (χ0n) is 36.9. The first-order chi connectivity index (χ1) is 29.3. The SMILES string of the molecule is CO[C@H]1/C=C/O[C@@]2(C)Oc3c(C)c(O)c4c(O)c(c5c(c4c3C2=O)=NC2(CCN([C@H]3CCCO3)CC2)N=5)NC(=O)/C(C)=C\C=C\[C@H](C)[C@H](O)[C@@H](C)[C@@H](O)[C@@H](C)[C@H](OC(C)=O)[C@@H]1C. The van der Waals surface area contributed by atoms with Gasteiger partial charge in [0.05, 0.1) is 40.9 Å². The molecule has 5 aliphatic rings. The first kappa shape index (κ1) is 45.2. The lowest BCUT2D eigenvalue weighted by molar-refractivity contribution is -0.160. The highest BCUT2D eigenvalue weighted by Gasteiger charge is 2.50. The highest BCUT2D eigenvalue weighted by molar-refractivity contribution is 6.19. The van der Waals surface area contributed by atoms with Gasteiger partial charge in [0.25, 0.3) is 11.7 Å². The zero-order chi connectivity index (χ0) is 45.0. The number of Topliss-reactive ketones (excluding diaryl/α,β-unsaturated/α-hetero) is 1. The monoisotopic (exact) mass is 860 g/mol. The van der Waals surface area contributed by atoms with Gasteiger partial charge in [-0.2, -0.15) is 0 Å². The van der Waals surface area contributed by atoms with Crippen molar-refractivity contribution in [2.45, 2.75) is 123 Å². The highest BCUT2D eigenvalue weighted by Crippen LogP contribution is 2.50. The first-order valence-corrected chi connectivity index (χ1v) is 21.5. The second-order valence-corrected chi connectivity index (χ2v) is 17.8. The predicted molar refractivity (Wildman–Crippen MR) is 227 cm³/mol. The van der Waals surface area contributed by atoms with Crippen LogP contribution in [0, 0.1) is 30.6 Å². The van der Waals surface area contributed by atoms with Gasteiger partial charge in [0, 0.05) is 93.7 Å². The van der Waals surface area contributed by atoms with Crippen molar-refractivity contribution in [2.24, 2.45) is 33.7 Å². The van der Waals surface area contributed by atoms with Crippen molar-refractivity contribution >= 4 is 34.1 Å². The second-order valence-electron chi connectivity index (χ2n) is 17.8. The minimum absolute atomic E-state index is 0.0131. The number of nitrogens with zero attached hydrogens (tertiary/aromatic N) is 3. The summed E-state index contributed by atoms with van der Waals surface area (Å²) >= 11 is 0. The molecule has 2 saturated heterocycles. The Morgan fingerprint density at radius 1 is 0.952 bits per heavy atom. The average molecular weight is 861 g/mol. The van der Waals surface area contributed by atoms with Crippen molar-refractivity contribution in [3.05, 3.63) is 58.0 Å². The molecule has 2 aromatic carbocycles. The number of esters is 1. The topological polar surface area (TPSA) is 218 Å². The number of hydrogen-bond acceptors (Lipinski definition) is 15. The van der Waals surface area contributed by atoms with Crippen molar-refractivity contribution in [3.63, 3.8) is 0 Å². The summed E-state index contributed by atoms with van der Waals surface area (Å²) in [5, 5.41) is 50.2. The number of amides is 1. The molecule has 10 atom stereocenters. The summed E-state index contributed by atoms with van der Waals surface area (Å²) in [5.41, 5.74) is -0.647. The number of benzene rings is 2. The van der Waals surface area contributed by atoms with Gasteiger partial charge in [-0.3, -0.25) is 29.3 Å². The summed E-state index contributed by atoms with van der Waals surface area (Å²) in [6.45, 7) is 14.8. The number of rotatable bonds is 3. The quantitative estimate of drug-likeness (QED) is 0.216. The molecule has 1 amide bonds. The van der Waals surface area contributed by atoms with E-state index in [2.05, 4.69) is 10.2 Å². The third kappa shape index (κ3) is 8.00. The lowest BCUT2D eigenvalue weighted by atomic mass is 9.78. The van der Waals surface area contributed by atoms with Crippen molar-refractivity contribution < 1.29 is 58.5 Å². The maximum atomic E-state index is 14.7. The molecule has 0 unspecified atom stereocenters. The minimum atomic E-state index is -1.97. The maximum Gasteiger partial charge on any atom is 0.312 e. The van der Waals surface area contributed by atoms with E-state index < -0.39 is 82.9 Å². The number of allylic oxidation sites excluding steroid dienone is 2. The molecule has 0 aliphatic carbocycles. The molecule has 336 valence electrons. The number of nitrogens with one attached hydrogen (secondary N) is 1. The van der Waals surface area contributed by atoms with Gasteiger partial charge < -0.3 is 49.4 Å². The standard InChI is InChI=1S/C46H60N4O12/c1-22-12-10-13-23(2)44(57)47-36-35-34(48-46(49-35)16-18-50(19-17-46)30-14-11-20-59-30)31-32(40(36)55)39(54)27(6)42-33(31)43(56)45(8,62-42)60-21-15-29(58-9)24(3)41(61-28(7)51)26(5)38(53)25(4)37(22)52/h10,12-13,15,21-22,24-26,29-30,37-38,41,52-55H,11,14,16-20H2,1-9H3,(H,47,57)/b12-10+,21-15+,23-13-/t22-,24+,25+,26+,29-,30+,37-,38+,41+,45-/m0/s1. The summed E-state index contributed by atoms with van der Waals surface area (Å²) in [4.78, 5) is 53.7. The molecule has 4 bridgehead atoms. The predicted octanol–water partition coefficient (Wildman–Crippen LogP) is 4.23. The number of likely N-dealkylation sites (tertiary alicyclic amines) is 1. The van der Waals surface area contributed by atoms with Crippen LogP contribution < -0.4 is 20.8 Å². The van der Waals surface area contributed by atoms with E-state index in [0.717, 1.165) is 12.8 Å². The summed E-state index contributed by atoms with van der Waals surface area (Å²) in [6.07, 6.45) is 6.84. The molecule has 5 N–H and O–H groups in total. The fraction of sp³-hybridized carbons (Fsp3) is 0.587. The molecule has 0 aromatic heterocycles. The van der Waals surface area contributed by atoms with Crippen molar-refractivity contribution in [1.82, 2.24) is 4.90 Å². The average Bonchev–Trinajstić information content (AvgIpc) is 3.98. The molecular formula is C46H60N4O12. The van der Waals surface area contributed by atoms with Crippen LogP contribution in [0.2, 0.25) is 0 Å². The number of piperidine rings is 1. The summed E-state index contributed by atoms with van der Waals surface area (Å²) in [7, 11) is 1.47. The van der Waals surface area contributed by atoms with Crippen LogP contribution in [0.3, 0.4) is 0 Å². The van der Waals surface area contributed by atoms with E-state index in [-0.39, 0.29) is 61.6 Å². The van der Waals surface area contributed by atoms with Crippen molar-refractivity contribution in [3.8, 4) is 17.2 Å². The van der Waals surface area contributed by atoms with Crippen LogP contribution >= 0.6 is 0 Å². The Morgan fingerprint density at radius 2 is 1.65 bits per heavy atom. The number of aliphatic hydroxyl groups excluding tert-OH is 2. The highest BCUT2D eigenvalue weighted by atomic mass is 16.7. The molecular weight excluding hydrogens is 801 g/mol. The lowest BCUT2D eigenvalue weighted by Crippen LogP contribution is -2.46. The zero-order valence-corrected chi connectivity index (χ0v) is 36.9. The number of ketones is 1. The van der Waals surface area contributed by atoms with Gasteiger partial charge in [-0.1, -0.05) is 45.9 Å². The number of hydrogen-bond donors (Lipinski definition) is 5. The molecule has 7 rings (SSSR count). The van der Waals surface area contributed by atoms with Gasteiger partial charge in [0.15, 0.2) is 11.4 Å². The van der Waals surface area contributed by atoms with E-state index in [1.165, 1.54) is 27.2 Å². The van der Waals surface area contributed by atoms with Gasteiger partial charge >= 0.3 is 11.8 Å². The third-order valence-electron chi connectivity index (χ3n) is 13.5. The molecule has 1 spiro atoms. The number of anilines is 1. The van der Waals surface area contributed by atoms with E-state index in [1.807, 2.05) is 0 Å². The molecule has 0 saturated carbocycles. The van der Waals surface area contributed by atoms with Gasteiger partial charge in [0.2, 0.25) is 0 Å². The fourth-order valence-corrected chi connectivity index (χ4v) is 9.61. The van der Waals surface area contributed by atoms with Crippen LogP contribution in [-0.4, -0.2) is 112 Å². The normalized spacial score (nSPS) is 34.7. The van der Waals surface area contributed by atoms with Crippen LogP contribution in [0.5, 0.6) is 17.2 Å². The summed E-state index contributed by atoms with van der Waals surface area (Å²) in [6, 6.07) is 0. The number of phenols is 2. The van der Waals surface area contributed by atoms with Crippen LogP contribution in [0.1, 0.15) is 90.1 Å². The summed E-state index contributed by atoms with van der Waals surface area (Å²) < 4.78 is 30.0. The molecule has 62 heavy (non-hydrogen) atoms. The number of carbonyl (C=O) groups excluding carboxylic acids is 3. The van der Waals surface area contributed by atoms with Crippen molar-refractivity contribution in [2.75, 3.05) is 32.1 Å². The number of phenolic OH excluding ortho intramolecular Hbond substituents is 2. The van der Waals surface area contributed by atoms with Crippen LogP contribution in [0.25, 0.3) is 10.8 Å². The molecule has 2 aromatic rings. The third-order valence-corrected chi connectivity index (χ3v) is 13.5. The van der Waals surface area contributed by atoms with E-state index in [4.69, 9.17) is 33.7 Å². The Labute approximate surface area is 360 Å². The minimum Gasteiger partial charge on any atom is -0.507 e. The van der Waals surface area contributed by atoms with Crippen LogP contribution in [-0.2, 0) is 28.5 Å². The number of carbonyl (C=O) groups is 3. The number of aliphatic hydroxyl groups is 2. The van der Waals surface area contributed by atoms with Gasteiger partial charge in [0.1, 0.15) is 34.9 Å².